The van der Waals surface area contributed by atoms with Gasteiger partial charge in [0.25, 0.3) is 5.91 Å². The number of nitrogens with one attached hydrogen (secondary N) is 1. The number of hydrogen-bond acceptors (Lipinski definition) is 5. The van der Waals surface area contributed by atoms with E-state index in [4.69, 9.17) is 5.26 Å². The quantitative estimate of drug-likeness (QED) is 0.707. The number of aliphatic hydroxyl groups excluding tert-OH is 1. The minimum atomic E-state index is -0.610. The predicted molar refractivity (Wildman–Crippen MR) is 121 cm³/mol. The third-order valence-electron chi connectivity index (χ3n) is 8.07. The molecule has 0 radical (unpaired) electrons. The highest BCUT2D eigenvalue weighted by molar-refractivity contribution is 5.92. The molecule has 7 atom stereocenters. The van der Waals surface area contributed by atoms with Crippen LogP contribution in [0.25, 0.3) is 0 Å². The Hall–Kier alpha value is -2.46. The van der Waals surface area contributed by atoms with Crippen molar-refractivity contribution < 1.29 is 14.7 Å². The van der Waals surface area contributed by atoms with Crippen molar-refractivity contribution in [2.75, 3.05) is 13.6 Å². The minimum Gasteiger partial charge on any atom is -0.392 e. The molecule has 0 aromatic carbocycles. The van der Waals surface area contributed by atoms with Crippen LogP contribution in [-0.4, -0.2) is 52.5 Å². The SMILES string of the molecule is C[C@H]1[C@@H]2[C@@H](O)[C@@H]([C@H](C)C(=O)N(C)CCC#N)CC[C@@]2(C)CC[C@@H]1NC(=O)c1ccccn1. The molecule has 1 aromatic heterocycles. The van der Waals surface area contributed by atoms with Crippen LogP contribution in [0.1, 0.15) is 63.4 Å². The molecule has 7 nitrogen and oxygen atoms in total. The van der Waals surface area contributed by atoms with Gasteiger partial charge in [-0.15, -0.1) is 0 Å². The van der Waals surface area contributed by atoms with Gasteiger partial charge in [0.05, 0.1) is 18.6 Å². The molecule has 2 amide bonds. The molecule has 0 saturated heterocycles. The molecular formula is C25H36N4O3. The summed E-state index contributed by atoms with van der Waals surface area (Å²) < 4.78 is 0. The monoisotopic (exact) mass is 440 g/mol. The number of pyridine rings is 1. The van der Waals surface area contributed by atoms with Gasteiger partial charge >= 0.3 is 0 Å². The van der Waals surface area contributed by atoms with Gasteiger partial charge in [-0.1, -0.05) is 26.8 Å². The van der Waals surface area contributed by atoms with E-state index < -0.39 is 6.10 Å². The molecule has 2 fully saturated rings. The number of nitrogens with zero attached hydrogens (tertiary/aromatic N) is 3. The van der Waals surface area contributed by atoms with E-state index in [2.05, 4.69) is 30.2 Å². The maximum atomic E-state index is 12.9. The van der Waals surface area contributed by atoms with Crippen LogP contribution < -0.4 is 5.32 Å². The first-order chi connectivity index (χ1) is 15.2. The van der Waals surface area contributed by atoms with Crippen LogP contribution in [0.3, 0.4) is 0 Å². The molecule has 174 valence electrons. The van der Waals surface area contributed by atoms with Crippen LogP contribution in [0.2, 0.25) is 0 Å². The summed E-state index contributed by atoms with van der Waals surface area (Å²) in [5.41, 5.74) is 0.395. The summed E-state index contributed by atoms with van der Waals surface area (Å²) in [5, 5.41) is 23.5. The molecule has 0 spiro atoms. The summed E-state index contributed by atoms with van der Waals surface area (Å²) in [6, 6.07) is 7.32. The smallest absolute Gasteiger partial charge is 0.270 e. The first-order valence-corrected chi connectivity index (χ1v) is 11.7. The Labute approximate surface area is 191 Å². The van der Waals surface area contributed by atoms with Crippen LogP contribution in [-0.2, 0) is 4.79 Å². The van der Waals surface area contributed by atoms with E-state index >= 15 is 0 Å². The van der Waals surface area contributed by atoms with Crippen molar-refractivity contribution in [1.82, 2.24) is 15.2 Å². The number of aromatic nitrogens is 1. The molecule has 0 aliphatic heterocycles. The van der Waals surface area contributed by atoms with E-state index in [1.54, 1.807) is 36.3 Å². The number of rotatable bonds is 6. The van der Waals surface area contributed by atoms with Crippen molar-refractivity contribution >= 4 is 11.8 Å². The fourth-order valence-electron chi connectivity index (χ4n) is 6.10. The number of nitriles is 1. The lowest BCUT2D eigenvalue weighted by molar-refractivity contribution is -0.149. The van der Waals surface area contributed by atoms with E-state index in [1.807, 2.05) is 6.92 Å². The van der Waals surface area contributed by atoms with E-state index in [0.717, 1.165) is 25.7 Å². The third-order valence-corrected chi connectivity index (χ3v) is 8.07. The van der Waals surface area contributed by atoms with Crippen LogP contribution in [0.5, 0.6) is 0 Å². The topological polar surface area (TPSA) is 106 Å². The van der Waals surface area contributed by atoms with Gasteiger partial charge in [0.15, 0.2) is 0 Å². The second-order valence-electron chi connectivity index (χ2n) is 10.0. The van der Waals surface area contributed by atoms with Crippen LogP contribution in [0.15, 0.2) is 24.4 Å². The Morgan fingerprint density at radius 3 is 2.75 bits per heavy atom. The molecule has 0 bridgehead atoms. The van der Waals surface area contributed by atoms with Gasteiger partial charge in [-0.3, -0.25) is 14.6 Å². The average Bonchev–Trinajstić information content (AvgIpc) is 2.79. The van der Waals surface area contributed by atoms with Gasteiger partial charge in [0, 0.05) is 31.7 Å². The molecule has 32 heavy (non-hydrogen) atoms. The second kappa shape index (κ2) is 9.99. The highest BCUT2D eigenvalue weighted by Crippen LogP contribution is 2.55. The Balaban J connectivity index is 1.73. The van der Waals surface area contributed by atoms with Crippen molar-refractivity contribution in [3.63, 3.8) is 0 Å². The lowest BCUT2D eigenvalue weighted by atomic mass is 9.51. The number of fused-ring (bicyclic) bond motifs is 1. The van der Waals surface area contributed by atoms with Crippen LogP contribution in [0, 0.1) is 40.4 Å². The fourth-order valence-corrected chi connectivity index (χ4v) is 6.10. The van der Waals surface area contributed by atoms with Crippen molar-refractivity contribution in [1.29, 1.82) is 5.26 Å². The van der Waals surface area contributed by atoms with E-state index in [-0.39, 0.29) is 46.9 Å². The Kier molecular flexibility index (Phi) is 7.55. The van der Waals surface area contributed by atoms with E-state index in [1.165, 1.54) is 0 Å². The third kappa shape index (κ3) is 4.80. The molecule has 2 N–H and O–H groups in total. The Morgan fingerprint density at radius 2 is 2.09 bits per heavy atom. The molecule has 2 aliphatic rings. The summed E-state index contributed by atoms with van der Waals surface area (Å²) in [5.74, 6) is -0.555. The average molecular weight is 441 g/mol. The zero-order valence-corrected chi connectivity index (χ0v) is 19.6. The molecule has 1 heterocycles. The number of carbonyl (C=O) groups excluding carboxylic acids is 2. The van der Waals surface area contributed by atoms with Crippen molar-refractivity contribution in [2.24, 2.45) is 29.1 Å². The number of aliphatic hydroxyl groups is 1. The summed E-state index contributed by atoms with van der Waals surface area (Å²) in [7, 11) is 1.72. The summed E-state index contributed by atoms with van der Waals surface area (Å²) in [6.07, 6.45) is 4.88. The highest BCUT2D eigenvalue weighted by Gasteiger charge is 2.54. The van der Waals surface area contributed by atoms with Crippen molar-refractivity contribution in [3.8, 4) is 6.07 Å². The first kappa shape index (κ1) is 24.2. The zero-order chi connectivity index (χ0) is 23.5. The normalized spacial score (nSPS) is 32.8. The van der Waals surface area contributed by atoms with Gasteiger partial charge in [-0.2, -0.15) is 5.26 Å². The standard InChI is InChI=1S/C25H36N4O3/c1-16(24(32)29(4)15-7-13-26)18-9-11-25(3)12-10-19(17(2)21(25)22(18)30)28-23(31)20-8-5-6-14-27-20/h5-6,8,14,16-19,21-22,30H,7,9-12,15H2,1-4H3,(H,28,31)/t16-,17+,18+,19-,21+,22-,25-/m0/s1. The largest absolute Gasteiger partial charge is 0.392 e. The highest BCUT2D eigenvalue weighted by atomic mass is 16.3. The van der Waals surface area contributed by atoms with Gasteiger partial charge in [0.2, 0.25) is 5.91 Å². The lowest BCUT2D eigenvalue weighted by Crippen LogP contribution is -2.58. The number of hydrogen-bond donors (Lipinski definition) is 2. The molecule has 7 heteroatoms. The maximum absolute atomic E-state index is 12.9. The molecule has 0 unspecified atom stereocenters. The molecule has 2 saturated carbocycles. The van der Waals surface area contributed by atoms with Crippen molar-refractivity contribution in [2.45, 2.75) is 65.0 Å². The number of carbonyl (C=O) groups is 2. The van der Waals surface area contributed by atoms with Crippen molar-refractivity contribution in [3.05, 3.63) is 30.1 Å². The summed E-state index contributed by atoms with van der Waals surface area (Å²) in [6.45, 7) is 6.66. The summed E-state index contributed by atoms with van der Waals surface area (Å²) >= 11 is 0. The fraction of sp³-hybridized carbons (Fsp3) is 0.680. The molecule has 3 rings (SSSR count). The Morgan fingerprint density at radius 1 is 1.38 bits per heavy atom. The van der Waals surface area contributed by atoms with Gasteiger partial charge in [0.1, 0.15) is 5.69 Å². The molecule has 1 aromatic rings. The zero-order valence-electron chi connectivity index (χ0n) is 19.6. The van der Waals surface area contributed by atoms with E-state index in [0.29, 0.717) is 18.7 Å². The van der Waals surface area contributed by atoms with Crippen LogP contribution >= 0.6 is 0 Å². The lowest BCUT2D eigenvalue weighted by Gasteiger charge is -2.56. The Bertz CT molecular complexity index is 854. The van der Waals surface area contributed by atoms with Gasteiger partial charge in [-0.05, 0) is 61.0 Å². The molecule has 2 aliphatic carbocycles. The summed E-state index contributed by atoms with van der Waals surface area (Å²) in [4.78, 5) is 31.4. The van der Waals surface area contributed by atoms with Gasteiger partial charge < -0.3 is 15.3 Å². The second-order valence-corrected chi connectivity index (χ2v) is 10.0. The van der Waals surface area contributed by atoms with Crippen LogP contribution in [0.4, 0.5) is 0 Å². The first-order valence-electron chi connectivity index (χ1n) is 11.7. The van der Waals surface area contributed by atoms with E-state index in [9.17, 15) is 14.7 Å². The maximum Gasteiger partial charge on any atom is 0.270 e. The molecular weight excluding hydrogens is 404 g/mol. The number of amides is 2. The minimum absolute atomic E-state index is 0.00294. The predicted octanol–water partition coefficient (Wildman–Crippen LogP) is 3.01. The van der Waals surface area contributed by atoms with Gasteiger partial charge in [-0.25, -0.2) is 0 Å².